The highest BCUT2D eigenvalue weighted by molar-refractivity contribution is 5.24. The van der Waals surface area contributed by atoms with Crippen LogP contribution in [0.4, 0.5) is 4.39 Å². The lowest BCUT2D eigenvalue weighted by Crippen LogP contribution is -2.13. The lowest BCUT2D eigenvalue weighted by molar-refractivity contribution is 0.0304. The zero-order chi connectivity index (χ0) is 12.1. The molecule has 0 radical (unpaired) electrons. The third-order valence-corrected chi connectivity index (χ3v) is 2.85. The number of hydrogen-bond acceptors (Lipinski definition) is 3. The van der Waals surface area contributed by atoms with Crippen molar-refractivity contribution in [2.45, 2.75) is 25.7 Å². The molecule has 1 aliphatic rings. The van der Waals surface area contributed by atoms with E-state index >= 15 is 0 Å². The van der Waals surface area contributed by atoms with Crippen molar-refractivity contribution >= 4 is 0 Å². The standard InChI is InChI=1S/C13H18FNO2/c1-15-7-10-2-3-13(14)11(6-10)8-17-12-4-5-16-9-12/h2-3,6,12,15H,4-5,7-9H2,1H3. The third kappa shape index (κ3) is 3.49. The topological polar surface area (TPSA) is 30.5 Å². The van der Waals surface area contributed by atoms with Crippen molar-refractivity contribution in [2.24, 2.45) is 0 Å². The van der Waals surface area contributed by atoms with Gasteiger partial charge in [-0.3, -0.25) is 0 Å². The molecule has 0 spiro atoms. The molecule has 1 N–H and O–H groups in total. The maximum absolute atomic E-state index is 13.6. The summed E-state index contributed by atoms with van der Waals surface area (Å²) in [6, 6.07) is 5.13. The van der Waals surface area contributed by atoms with Crippen LogP contribution < -0.4 is 5.32 Å². The van der Waals surface area contributed by atoms with Gasteiger partial charge in [-0.1, -0.05) is 6.07 Å². The quantitative estimate of drug-likeness (QED) is 0.850. The van der Waals surface area contributed by atoms with E-state index in [1.165, 1.54) is 6.07 Å². The van der Waals surface area contributed by atoms with Gasteiger partial charge in [-0.15, -0.1) is 0 Å². The largest absolute Gasteiger partial charge is 0.379 e. The molecule has 0 aromatic heterocycles. The summed E-state index contributed by atoms with van der Waals surface area (Å²) in [4.78, 5) is 0. The number of ether oxygens (including phenoxy) is 2. The van der Waals surface area contributed by atoms with Gasteiger partial charge in [0.05, 0.1) is 19.3 Å². The first-order valence-corrected chi connectivity index (χ1v) is 5.91. The molecule has 1 fully saturated rings. The van der Waals surface area contributed by atoms with Gasteiger partial charge >= 0.3 is 0 Å². The highest BCUT2D eigenvalue weighted by atomic mass is 19.1. The van der Waals surface area contributed by atoms with E-state index < -0.39 is 0 Å². The molecule has 1 saturated heterocycles. The minimum absolute atomic E-state index is 0.113. The predicted molar refractivity (Wildman–Crippen MR) is 63.2 cm³/mol. The molecule has 0 amide bonds. The first kappa shape index (κ1) is 12.5. The Bertz CT molecular complexity index is 364. The maximum Gasteiger partial charge on any atom is 0.128 e. The van der Waals surface area contributed by atoms with Crippen LogP contribution in [0.5, 0.6) is 0 Å². The van der Waals surface area contributed by atoms with E-state index in [0.29, 0.717) is 18.8 Å². The van der Waals surface area contributed by atoms with Crippen LogP contribution >= 0.6 is 0 Å². The van der Waals surface area contributed by atoms with Crippen LogP contribution in [0.1, 0.15) is 17.5 Å². The van der Waals surface area contributed by atoms with Crippen LogP contribution in [0.2, 0.25) is 0 Å². The Hall–Kier alpha value is -0.970. The molecule has 94 valence electrons. The van der Waals surface area contributed by atoms with Crippen molar-refractivity contribution in [3.8, 4) is 0 Å². The Balaban J connectivity index is 1.95. The summed E-state index contributed by atoms with van der Waals surface area (Å²) in [6.45, 7) is 2.42. The van der Waals surface area contributed by atoms with Gasteiger partial charge in [-0.25, -0.2) is 4.39 Å². The van der Waals surface area contributed by atoms with Crippen LogP contribution in [0.15, 0.2) is 18.2 Å². The second-order valence-corrected chi connectivity index (χ2v) is 4.25. The van der Waals surface area contributed by atoms with Crippen LogP contribution in [0.3, 0.4) is 0 Å². The second-order valence-electron chi connectivity index (χ2n) is 4.25. The van der Waals surface area contributed by atoms with Gasteiger partial charge in [0.2, 0.25) is 0 Å². The molecule has 1 aromatic rings. The molecular formula is C13H18FNO2. The number of benzene rings is 1. The molecule has 1 atom stereocenters. The van der Waals surface area contributed by atoms with Gasteiger partial charge in [0.1, 0.15) is 5.82 Å². The summed E-state index contributed by atoms with van der Waals surface area (Å²) in [6.07, 6.45) is 1.01. The van der Waals surface area contributed by atoms with E-state index in [1.807, 2.05) is 13.1 Å². The van der Waals surface area contributed by atoms with Gasteiger partial charge in [0, 0.05) is 18.7 Å². The normalized spacial score (nSPS) is 19.8. The molecular weight excluding hydrogens is 221 g/mol. The first-order valence-electron chi connectivity index (χ1n) is 5.91. The molecule has 1 aromatic carbocycles. The van der Waals surface area contributed by atoms with Gasteiger partial charge in [-0.05, 0) is 31.2 Å². The van der Waals surface area contributed by atoms with Gasteiger partial charge in [-0.2, -0.15) is 0 Å². The fourth-order valence-corrected chi connectivity index (χ4v) is 1.90. The smallest absolute Gasteiger partial charge is 0.128 e. The Kier molecular flexibility index (Phi) is 4.48. The minimum Gasteiger partial charge on any atom is -0.379 e. The maximum atomic E-state index is 13.6. The monoisotopic (exact) mass is 239 g/mol. The fraction of sp³-hybridized carbons (Fsp3) is 0.538. The van der Waals surface area contributed by atoms with Crippen molar-refractivity contribution in [1.29, 1.82) is 0 Å². The zero-order valence-corrected chi connectivity index (χ0v) is 10.0. The van der Waals surface area contributed by atoms with E-state index in [0.717, 1.165) is 25.1 Å². The average molecular weight is 239 g/mol. The molecule has 1 aliphatic heterocycles. The summed E-state index contributed by atoms with van der Waals surface area (Å²) < 4.78 is 24.4. The third-order valence-electron chi connectivity index (χ3n) is 2.85. The number of nitrogens with one attached hydrogen (secondary N) is 1. The van der Waals surface area contributed by atoms with Crippen molar-refractivity contribution in [2.75, 3.05) is 20.3 Å². The first-order chi connectivity index (χ1) is 8.29. The van der Waals surface area contributed by atoms with E-state index in [-0.39, 0.29) is 11.9 Å². The summed E-state index contributed by atoms with van der Waals surface area (Å²) >= 11 is 0. The Morgan fingerprint density at radius 1 is 1.53 bits per heavy atom. The molecule has 2 rings (SSSR count). The van der Waals surface area contributed by atoms with Gasteiger partial charge in [0.15, 0.2) is 0 Å². The summed E-state index contributed by atoms with van der Waals surface area (Å²) in [7, 11) is 1.87. The number of halogens is 1. The predicted octanol–water partition coefficient (Wildman–Crippen LogP) is 1.85. The van der Waals surface area contributed by atoms with Crippen molar-refractivity contribution in [1.82, 2.24) is 5.32 Å². The molecule has 1 unspecified atom stereocenters. The lowest BCUT2D eigenvalue weighted by atomic mass is 10.1. The number of rotatable bonds is 5. The molecule has 4 heteroatoms. The highest BCUT2D eigenvalue weighted by Gasteiger charge is 2.16. The molecule has 0 bridgehead atoms. The van der Waals surface area contributed by atoms with Crippen LogP contribution in [-0.4, -0.2) is 26.4 Å². The Labute approximate surface area is 101 Å². The average Bonchev–Trinajstić information content (AvgIpc) is 2.83. The SMILES string of the molecule is CNCc1ccc(F)c(COC2CCOC2)c1. The van der Waals surface area contributed by atoms with Crippen LogP contribution in [0, 0.1) is 5.82 Å². The van der Waals surface area contributed by atoms with E-state index in [2.05, 4.69) is 5.32 Å². The summed E-state index contributed by atoms with van der Waals surface area (Å²) in [5.41, 5.74) is 1.68. The fourth-order valence-electron chi connectivity index (χ4n) is 1.90. The molecule has 3 nitrogen and oxygen atoms in total. The van der Waals surface area contributed by atoms with Crippen LogP contribution in [0.25, 0.3) is 0 Å². The second kappa shape index (κ2) is 6.10. The molecule has 0 aliphatic carbocycles. The summed E-state index contributed by atoms with van der Waals surface area (Å²) in [5.74, 6) is -0.205. The summed E-state index contributed by atoms with van der Waals surface area (Å²) in [5, 5.41) is 3.04. The Morgan fingerprint density at radius 2 is 2.41 bits per heavy atom. The van der Waals surface area contributed by atoms with Gasteiger partial charge < -0.3 is 14.8 Å². The Morgan fingerprint density at radius 3 is 3.12 bits per heavy atom. The van der Waals surface area contributed by atoms with Crippen molar-refractivity contribution in [3.05, 3.63) is 35.1 Å². The van der Waals surface area contributed by atoms with Gasteiger partial charge in [0.25, 0.3) is 0 Å². The van der Waals surface area contributed by atoms with Crippen molar-refractivity contribution in [3.63, 3.8) is 0 Å². The van der Waals surface area contributed by atoms with Crippen molar-refractivity contribution < 1.29 is 13.9 Å². The molecule has 0 saturated carbocycles. The highest BCUT2D eigenvalue weighted by Crippen LogP contribution is 2.15. The molecule has 17 heavy (non-hydrogen) atoms. The van der Waals surface area contributed by atoms with Crippen LogP contribution in [-0.2, 0) is 22.6 Å². The van der Waals surface area contributed by atoms with E-state index in [1.54, 1.807) is 6.07 Å². The lowest BCUT2D eigenvalue weighted by Gasteiger charge is -2.11. The minimum atomic E-state index is -0.205. The van der Waals surface area contributed by atoms with E-state index in [4.69, 9.17) is 9.47 Å². The number of hydrogen-bond donors (Lipinski definition) is 1. The van der Waals surface area contributed by atoms with E-state index in [9.17, 15) is 4.39 Å². The zero-order valence-electron chi connectivity index (χ0n) is 10.0. The molecule has 1 heterocycles.